The van der Waals surface area contributed by atoms with E-state index in [-0.39, 0.29) is 23.2 Å². The molecule has 0 spiro atoms. The van der Waals surface area contributed by atoms with Crippen LogP contribution in [0.4, 0.5) is 4.39 Å². The summed E-state index contributed by atoms with van der Waals surface area (Å²) in [6.07, 6.45) is 12.5. The van der Waals surface area contributed by atoms with Crippen LogP contribution in [0.1, 0.15) is 31.0 Å². The fourth-order valence-corrected chi connectivity index (χ4v) is 4.82. The van der Waals surface area contributed by atoms with Gasteiger partial charge in [0, 0.05) is 29.6 Å². The minimum absolute atomic E-state index is 0.000170. The highest BCUT2D eigenvalue weighted by molar-refractivity contribution is 6.31. The standard InChI is InChI=1S/C26H23ClFN9O3/c1-40-24(38)14-34-11-18(9-30-34)19-10-31-35(12-19)23(8-16-2-3-16)21-6-4-17(13-37(21)39)25-22(36-15-29-32-33-36)7-5-20(27)26(25)28/h4-7,9-13,15-16,23H,2-3,8,14H2,1H3. The summed E-state index contributed by atoms with van der Waals surface area (Å²) < 4.78 is 25.3. The molecule has 5 aromatic rings. The number of rotatable bonds is 9. The maximum Gasteiger partial charge on any atom is 0.327 e. The predicted molar refractivity (Wildman–Crippen MR) is 139 cm³/mol. The van der Waals surface area contributed by atoms with E-state index in [0.717, 1.165) is 35.1 Å². The molecule has 1 unspecified atom stereocenters. The van der Waals surface area contributed by atoms with Crippen molar-refractivity contribution < 1.29 is 18.7 Å². The van der Waals surface area contributed by atoms with Crippen LogP contribution in [0.3, 0.4) is 0 Å². The molecule has 1 fully saturated rings. The minimum atomic E-state index is -0.679. The van der Waals surface area contributed by atoms with Crippen LogP contribution < -0.4 is 4.73 Å². The van der Waals surface area contributed by atoms with E-state index in [9.17, 15) is 10.0 Å². The van der Waals surface area contributed by atoms with Crippen molar-refractivity contribution in [1.82, 2.24) is 39.8 Å². The number of hydrogen-bond donors (Lipinski definition) is 0. The summed E-state index contributed by atoms with van der Waals surface area (Å²) in [4.78, 5) is 11.6. The van der Waals surface area contributed by atoms with Crippen molar-refractivity contribution in [1.29, 1.82) is 0 Å². The first-order chi connectivity index (χ1) is 19.4. The minimum Gasteiger partial charge on any atom is -0.618 e. The smallest absolute Gasteiger partial charge is 0.327 e. The number of methoxy groups -OCH3 is 1. The van der Waals surface area contributed by atoms with Crippen molar-refractivity contribution >= 4 is 17.6 Å². The maximum atomic E-state index is 15.3. The third-order valence-corrected chi connectivity index (χ3v) is 7.19. The lowest BCUT2D eigenvalue weighted by Gasteiger charge is -2.18. The molecule has 1 aromatic carbocycles. The molecule has 12 nitrogen and oxygen atoms in total. The second-order valence-corrected chi connectivity index (χ2v) is 9.99. The molecule has 4 aromatic heterocycles. The summed E-state index contributed by atoms with van der Waals surface area (Å²) in [6, 6.07) is 6.04. The Kier molecular flexibility index (Phi) is 6.72. The number of hydrogen-bond acceptors (Lipinski definition) is 8. The number of esters is 1. The molecule has 6 rings (SSSR count). The predicted octanol–water partition coefficient (Wildman–Crippen LogP) is 3.38. The van der Waals surface area contributed by atoms with Crippen molar-refractivity contribution in [2.45, 2.75) is 31.8 Å². The van der Waals surface area contributed by atoms with E-state index < -0.39 is 11.8 Å². The third-order valence-electron chi connectivity index (χ3n) is 6.90. The molecule has 0 saturated heterocycles. The van der Waals surface area contributed by atoms with Gasteiger partial charge in [0.15, 0.2) is 12.0 Å². The molecule has 204 valence electrons. The largest absolute Gasteiger partial charge is 0.618 e. The molecule has 1 saturated carbocycles. The first kappa shape index (κ1) is 25.6. The van der Waals surface area contributed by atoms with Crippen molar-refractivity contribution in [3.05, 3.63) is 83.3 Å². The SMILES string of the molecule is COC(=O)Cn1cc(-c2cnn(C(CC3CC3)c3ccc(-c4c(-n5cnnn5)ccc(Cl)c4F)c[n+]3[O-])c2)cn1. The number of halogens is 2. The lowest BCUT2D eigenvalue weighted by molar-refractivity contribution is -0.615. The third kappa shape index (κ3) is 5.02. The summed E-state index contributed by atoms with van der Waals surface area (Å²) in [7, 11) is 1.32. The van der Waals surface area contributed by atoms with Crippen LogP contribution in [0, 0.1) is 16.9 Å². The molecule has 1 aliphatic rings. The van der Waals surface area contributed by atoms with Gasteiger partial charge in [-0.1, -0.05) is 24.4 Å². The van der Waals surface area contributed by atoms with Crippen LogP contribution in [0.2, 0.25) is 5.02 Å². The number of aromatic nitrogens is 9. The molecule has 0 radical (unpaired) electrons. The van der Waals surface area contributed by atoms with Gasteiger partial charge < -0.3 is 9.94 Å². The number of tetrazole rings is 1. The van der Waals surface area contributed by atoms with Gasteiger partial charge in [0.25, 0.3) is 0 Å². The van der Waals surface area contributed by atoms with Gasteiger partial charge in [-0.15, -0.1) is 5.10 Å². The van der Waals surface area contributed by atoms with Crippen LogP contribution in [-0.4, -0.2) is 52.8 Å². The van der Waals surface area contributed by atoms with E-state index in [2.05, 4.69) is 25.7 Å². The topological polar surface area (TPSA) is 132 Å². The fourth-order valence-electron chi connectivity index (χ4n) is 4.66. The Morgan fingerprint density at radius 2 is 1.98 bits per heavy atom. The van der Waals surface area contributed by atoms with Crippen molar-refractivity contribution in [3.63, 3.8) is 0 Å². The summed E-state index contributed by atoms with van der Waals surface area (Å²) in [5, 5.41) is 33.3. The van der Waals surface area contributed by atoms with Crippen LogP contribution in [0.25, 0.3) is 27.9 Å². The summed E-state index contributed by atoms with van der Waals surface area (Å²) in [5.41, 5.74) is 2.82. The quantitative estimate of drug-likeness (QED) is 0.151. The second-order valence-electron chi connectivity index (χ2n) is 9.58. The maximum absolute atomic E-state index is 15.3. The second kappa shape index (κ2) is 10.5. The molecule has 1 atom stereocenters. The highest BCUT2D eigenvalue weighted by Gasteiger charge is 2.32. The van der Waals surface area contributed by atoms with E-state index >= 15 is 4.39 Å². The Morgan fingerprint density at radius 1 is 1.18 bits per heavy atom. The van der Waals surface area contributed by atoms with E-state index in [1.165, 1.54) is 35.1 Å². The molecule has 0 bridgehead atoms. The van der Waals surface area contributed by atoms with E-state index in [1.54, 1.807) is 41.5 Å². The van der Waals surface area contributed by atoms with Gasteiger partial charge in [0.05, 0.1) is 41.3 Å². The Morgan fingerprint density at radius 3 is 2.70 bits per heavy atom. The molecule has 0 N–H and O–H groups in total. The average molecular weight is 564 g/mol. The summed E-state index contributed by atoms with van der Waals surface area (Å²) >= 11 is 6.09. The van der Waals surface area contributed by atoms with Crippen molar-refractivity contribution in [2.24, 2.45) is 5.92 Å². The molecular formula is C26H23ClFN9O3. The van der Waals surface area contributed by atoms with Gasteiger partial charge in [-0.25, -0.2) is 4.39 Å². The molecular weight excluding hydrogens is 541 g/mol. The number of ether oxygens (including phenoxy) is 1. The van der Waals surface area contributed by atoms with Crippen LogP contribution in [-0.2, 0) is 16.1 Å². The molecule has 4 heterocycles. The summed E-state index contributed by atoms with van der Waals surface area (Å²) in [6.45, 7) is -0.000170. The van der Waals surface area contributed by atoms with Crippen LogP contribution in [0.15, 0.2) is 61.6 Å². The number of pyridine rings is 1. The van der Waals surface area contributed by atoms with Gasteiger partial charge in [-0.2, -0.15) is 19.6 Å². The van der Waals surface area contributed by atoms with Gasteiger partial charge >= 0.3 is 5.97 Å². The van der Waals surface area contributed by atoms with Gasteiger partial charge in [-0.3, -0.25) is 14.2 Å². The van der Waals surface area contributed by atoms with Gasteiger partial charge in [0.2, 0.25) is 5.69 Å². The highest BCUT2D eigenvalue weighted by Crippen LogP contribution is 2.39. The van der Waals surface area contributed by atoms with Crippen molar-refractivity contribution in [3.8, 4) is 27.9 Å². The first-order valence-corrected chi connectivity index (χ1v) is 12.9. The lowest BCUT2D eigenvalue weighted by Crippen LogP contribution is -2.35. The molecule has 14 heteroatoms. The van der Waals surface area contributed by atoms with Crippen molar-refractivity contribution in [2.75, 3.05) is 7.11 Å². The Balaban J connectivity index is 1.34. The zero-order valence-corrected chi connectivity index (χ0v) is 22.0. The number of carbonyl (C=O) groups is 1. The lowest BCUT2D eigenvalue weighted by atomic mass is 10.0. The number of benzene rings is 1. The number of carbonyl (C=O) groups excluding carboxylic acids is 1. The van der Waals surface area contributed by atoms with E-state index in [0.29, 0.717) is 22.9 Å². The molecule has 40 heavy (non-hydrogen) atoms. The zero-order valence-electron chi connectivity index (χ0n) is 21.3. The fraction of sp³-hybridized carbons (Fsp3) is 0.269. The summed E-state index contributed by atoms with van der Waals surface area (Å²) in [5.74, 6) is -0.598. The normalized spacial score (nSPS) is 13.9. The molecule has 0 aliphatic heterocycles. The van der Waals surface area contributed by atoms with Crippen LogP contribution in [0.5, 0.6) is 0 Å². The highest BCUT2D eigenvalue weighted by atomic mass is 35.5. The monoisotopic (exact) mass is 563 g/mol. The van der Waals surface area contributed by atoms with Gasteiger partial charge in [-0.05, 0) is 41.0 Å². The average Bonchev–Trinajstić information content (AvgIpc) is 3.35. The zero-order chi connectivity index (χ0) is 27.8. The Labute approximate surface area is 232 Å². The Bertz CT molecular complexity index is 1680. The van der Waals surface area contributed by atoms with Gasteiger partial charge in [0.1, 0.15) is 18.9 Å². The van der Waals surface area contributed by atoms with E-state index in [1.807, 2.05) is 6.20 Å². The molecule has 0 amide bonds. The first-order valence-electron chi connectivity index (χ1n) is 12.5. The number of nitrogens with zero attached hydrogens (tertiary/aromatic N) is 9. The molecule has 1 aliphatic carbocycles. The Hall–Kier alpha value is -4.65. The van der Waals surface area contributed by atoms with E-state index in [4.69, 9.17) is 16.3 Å². The van der Waals surface area contributed by atoms with Crippen LogP contribution >= 0.6 is 11.6 Å².